The molecule has 0 radical (unpaired) electrons. The summed E-state index contributed by atoms with van der Waals surface area (Å²) < 4.78 is 11.1. The van der Waals surface area contributed by atoms with E-state index in [1.54, 1.807) is 42.5 Å². The number of nitrogens with one attached hydrogen (secondary N) is 1. The zero-order valence-corrected chi connectivity index (χ0v) is 16.2. The van der Waals surface area contributed by atoms with Gasteiger partial charge in [-0.25, -0.2) is 0 Å². The van der Waals surface area contributed by atoms with Crippen molar-refractivity contribution in [3.05, 3.63) is 96.1 Å². The summed E-state index contributed by atoms with van der Waals surface area (Å²) in [5.41, 5.74) is 1.95. The first kappa shape index (κ1) is 20.1. The van der Waals surface area contributed by atoms with Gasteiger partial charge in [-0.2, -0.15) is 0 Å². The number of carbonyl (C=O) groups is 2. The molecule has 1 amide bonds. The van der Waals surface area contributed by atoms with Crippen molar-refractivity contribution in [3.63, 3.8) is 0 Å². The smallest absolute Gasteiger partial charge is 0.311 e. The number of benzene rings is 3. The van der Waals surface area contributed by atoms with Gasteiger partial charge in [-0.05, 0) is 24.6 Å². The van der Waals surface area contributed by atoms with Crippen LogP contribution in [0.1, 0.15) is 24.2 Å². The van der Waals surface area contributed by atoms with E-state index in [0.29, 0.717) is 23.6 Å². The molecule has 1 atom stereocenters. The first-order chi connectivity index (χ1) is 14.2. The second-order valence-electron chi connectivity index (χ2n) is 6.36. The minimum Gasteiger partial charge on any atom is -0.492 e. The van der Waals surface area contributed by atoms with Crippen molar-refractivity contribution in [2.75, 3.05) is 11.9 Å². The van der Waals surface area contributed by atoms with E-state index in [2.05, 4.69) is 5.32 Å². The monoisotopic (exact) mass is 389 g/mol. The molecule has 1 N–H and O–H groups in total. The van der Waals surface area contributed by atoms with Crippen LogP contribution in [0, 0.1) is 0 Å². The quantitative estimate of drug-likeness (QED) is 0.574. The molecule has 3 aromatic carbocycles. The van der Waals surface area contributed by atoms with E-state index >= 15 is 0 Å². The molecule has 0 aliphatic rings. The Hall–Kier alpha value is -3.60. The van der Waals surface area contributed by atoms with Crippen LogP contribution in [-0.2, 0) is 20.7 Å². The maximum atomic E-state index is 13.0. The van der Waals surface area contributed by atoms with Crippen LogP contribution in [0.2, 0.25) is 0 Å². The molecular weight excluding hydrogens is 366 g/mol. The number of hydrogen-bond donors (Lipinski definition) is 1. The Labute approximate surface area is 170 Å². The number of amides is 1. The van der Waals surface area contributed by atoms with Crippen LogP contribution in [0.3, 0.4) is 0 Å². The number of hydrogen-bond acceptors (Lipinski definition) is 4. The van der Waals surface area contributed by atoms with Gasteiger partial charge >= 0.3 is 5.97 Å². The molecule has 3 aromatic rings. The first-order valence-corrected chi connectivity index (χ1v) is 9.48. The fourth-order valence-corrected chi connectivity index (χ4v) is 2.89. The van der Waals surface area contributed by atoms with Crippen molar-refractivity contribution in [3.8, 4) is 5.75 Å². The van der Waals surface area contributed by atoms with Gasteiger partial charge in [-0.15, -0.1) is 0 Å². The molecule has 0 aliphatic carbocycles. The highest BCUT2D eigenvalue weighted by atomic mass is 16.5. The molecule has 148 valence electrons. The van der Waals surface area contributed by atoms with Crippen LogP contribution < -0.4 is 10.1 Å². The fraction of sp³-hybridized carbons (Fsp3) is 0.167. The molecule has 0 saturated carbocycles. The van der Waals surface area contributed by atoms with Gasteiger partial charge < -0.3 is 14.8 Å². The van der Waals surface area contributed by atoms with Crippen LogP contribution in [0.25, 0.3) is 0 Å². The Balaban J connectivity index is 1.78. The van der Waals surface area contributed by atoms with E-state index in [1.807, 2.05) is 49.4 Å². The summed E-state index contributed by atoms with van der Waals surface area (Å²) in [7, 11) is 0. The number of para-hydroxylation sites is 2. The normalized spacial score (nSPS) is 11.3. The van der Waals surface area contributed by atoms with Crippen molar-refractivity contribution in [2.45, 2.75) is 19.4 Å². The zero-order chi connectivity index (χ0) is 20.5. The average molecular weight is 389 g/mol. The Kier molecular flexibility index (Phi) is 7.00. The molecule has 0 fully saturated rings. The van der Waals surface area contributed by atoms with Crippen LogP contribution in [0.5, 0.6) is 5.75 Å². The molecule has 0 saturated heterocycles. The third kappa shape index (κ3) is 5.69. The topological polar surface area (TPSA) is 64.6 Å². The predicted octanol–water partition coefficient (Wildman–Crippen LogP) is 4.55. The van der Waals surface area contributed by atoms with E-state index in [0.717, 1.165) is 5.56 Å². The minimum atomic E-state index is -1.07. The standard InChI is InChI=1S/C24H23NO4/c1-2-28-21-16-10-9-15-20(21)25-24(27)23(19-13-7-4-8-14-19)29-22(26)17-18-11-5-3-6-12-18/h3-16,23H,2,17H2,1H3,(H,25,27)/t23-/m1/s1. The summed E-state index contributed by atoms with van der Waals surface area (Å²) >= 11 is 0. The van der Waals surface area contributed by atoms with E-state index in [9.17, 15) is 9.59 Å². The Bertz CT molecular complexity index is 941. The molecule has 0 bridgehead atoms. The molecule has 0 aliphatic heterocycles. The SMILES string of the molecule is CCOc1ccccc1NC(=O)[C@H](OC(=O)Cc1ccccc1)c1ccccc1. The first-order valence-electron chi connectivity index (χ1n) is 9.48. The van der Waals surface area contributed by atoms with Crippen LogP contribution >= 0.6 is 0 Å². The van der Waals surface area contributed by atoms with E-state index < -0.39 is 18.0 Å². The van der Waals surface area contributed by atoms with Crippen molar-refractivity contribution < 1.29 is 19.1 Å². The lowest BCUT2D eigenvalue weighted by Crippen LogP contribution is -2.26. The highest BCUT2D eigenvalue weighted by Gasteiger charge is 2.26. The molecule has 29 heavy (non-hydrogen) atoms. The Morgan fingerprint density at radius 2 is 1.48 bits per heavy atom. The average Bonchev–Trinajstić information content (AvgIpc) is 2.75. The number of carbonyl (C=O) groups excluding carboxylic acids is 2. The second kappa shape index (κ2) is 10.1. The third-order valence-corrected chi connectivity index (χ3v) is 4.23. The Morgan fingerprint density at radius 1 is 0.862 bits per heavy atom. The van der Waals surface area contributed by atoms with Gasteiger partial charge in [0.1, 0.15) is 5.75 Å². The highest BCUT2D eigenvalue weighted by molar-refractivity contribution is 5.97. The number of esters is 1. The van der Waals surface area contributed by atoms with Crippen LogP contribution in [0.15, 0.2) is 84.9 Å². The summed E-state index contributed by atoms with van der Waals surface area (Å²) in [4.78, 5) is 25.5. The van der Waals surface area contributed by atoms with Gasteiger partial charge in [0, 0.05) is 5.56 Å². The second-order valence-corrected chi connectivity index (χ2v) is 6.36. The predicted molar refractivity (Wildman–Crippen MR) is 112 cm³/mol. The number of anilines is 1. The van der Waals surface area contributed by atoms with Crippen LogP contribution in [-0.4, -0.2) is 18.5 Å². The summed E-state index contributed by atoms with van der Waals surface area (Å²) in [6.07, 6.45) is -0.977. The van der Waals surface area contributed by atoms with Gasteiger partial charge in [-0.3, -0.25) is 9.59 Å². The summed E-state index contributed by atoms with van der Waals surface area (Å²) in [5, 5.41) is 2.82. The molecule has 0 aromatic heterocycles. The van der Waals surface area contributed by atoms with Gasteiger partial charge in [0.05, 0.1) is 18.7 Å². The zero-order valence-electron chi connectivity index (χ0n) is 16.2. The molecule has 0 spiro atoms. The highest BCUT2D eigenvalue weighted by Crippen LogP contribution is 2.27. The van der Waals surface area contributed by atoms with E-state index in [-0.39, 0.29) is 6.42 Å². The summed E-state index contributed by atoms with van der Waals surface area (Å²) in [6, 6.07) is 25.4. The van der Waals surface area contributed by atoms with Crippen molar-refractivity contribution in [1.82, 2.24) is 0 Å². The van der Waals surface area contributed by atoms with Gasteiger partial charge in [0.2, 0.25) is 6.10 Å². The van der Waals surface area contributed by atoms with E-state index in [4.69, 9.17) is 9.47 Å². The maximum Gasteiger partial charge on any atom is 0.311 e. The molecular formula is C24H23NO4. The van der Waals surface area contributed by atoms with Crippen molar-refractivity contribution in [1.29, 1.82) is 0 Å². The number of rotatable bonds is 8. The van der Waals surface area contributed by atoms with Gasteiger partial charge in [0.25, 0.3) is 5.91 Å². The van der Waals surface area contributed by atoms with E-state index in [1.165, 1.54) is 0 Å². The molecule has 0 unspecified atom stereocenters. The lowest BCUT2D eigenvalue weighted by molar-refractivity contribution is -0.154. The van der Waals surface area contributed by atoms with Gasteiger partial charge in [-0.1, -0.05) is 72.8 Å². The molecule has 3 rings (SSSR count). The van der Waals surface area contributed by atoms with Crippen molar-refractivity contribution >= 4 is 17.6 Å². The lowest BCUT2D eigenvalue weighted by atomic mass is 10.1. The maximum absolute atomic E-state index is 13.0. The largest absolute Gasteiger partial charge is 0.492 e. The molecule has 0 heterocycles. The van der Waals surface area contributed by atoms with Crippen molar-refractivity contribution in [2.24, 2.45) is 0 Å². The third-order valence-electron chi connectivity index (χ3n) is 4.23. The fourth-order valence-electron chi connectivity index (χ4n) is 2.89. The van der Waals surface area contributed by atoms with Gasteiger partial charge in [0.15, 0.2) is 0 Å². The number of ether oxygens (including phenoxy) is 2. The minimum absolute atomic E-state index is 0.0903. The molecule has 5 heteroatoms. The molecule has 5 nitrogen and oxygen atoms in total. The van der Waals surface area contributed by atoms with Crippen LogP contribution in [0.4, 0.5) is 5.69 Å². The Morgan fingerprint density at radius 3 is 2.17 bits per heavy atom. The summed E-state index contributed by atoms with van der Waals surface area (Å²) in [5.74, 6) is -0.353. The lowest BCUT2D eigenvalue weighted by Gasteiger charge is -2.19. The summed E-state index contributed by atoms with van der Waals surface area (Å²) in [6.45, 7) is 2.35.